The molecule has 0 atom stereocenters. The summed E-state index contributed by atoms with van der Waals surface area (Å²) in [5.74, 6) is 0.277. The molecule has 20 heavy (non-hydrogen) atoms. The van der Waals surface area contributed by atoms with Gasteiger partial charge in [-0.3, -0.25) is 0 Å². The highest BCUT2D eigenvalue weighted by Crippen LogP contribution is 2.46. The lowest BCUT2D eigenvalue weighted by molar-refractivity contribution is -0.0764. The molecule has 1 aliphatic heterocycles. The number of nitrogens with zero attached hydrogens (tertiary/aromatic N) is 1. The Kier molecular flexibility index (Phi) is 2.90. The van der Waals surface area contributed by atoms with Crippen molar-refractivity contribution in [1.82, 2.24) is 4.31 Å². The predicted molar refractivity (Wildman–Crippen MR) is 76.8 cm³/mol. The minimum Gasteiger partial charge on any atom is -0.398 e. The van der Waals surface area contributed by atoms with Gasteiger partial charge in [0, 0.05) is 18.8 Å². The highest BCUT2D eigenvalue weighted by Gasteiger charge is 2.55. The fourth-order valence-electron chi connectivity index (χ4n) is 2.76. The van der Waals surface area contributed by atoms with E-state index in [1.54, 1.807) is 6.07 Å². The molecular formula is C14H20N2O3S. The highest BCUT2D eigenvalue weighted by molar-refractivity contribution is 7.89. The number of aliphatic hydroxyl groups is 1. The summed E-state index contributed by atoms with van der Waals surface area (Å²) in [4.78, 5) is 0.218. The molecule has 1 heterocycles. The van der Waals surface area contributed by atoms with Crippen molar-refractivity contribution in [1.29, 1.82) is 0 Å². The third-order valence-corrected chi connectivity index (χ3v) is 6.33. The van der Waals surface area contributed by atoms with Gasteiger partial charge < -0.3 is 10.8 Å². The lowest BCUT2D eigenvalue weighted by atomic mass is 9.91. The molecule has 0 spiro atoms. The quantitative estimate of drug-likeness (QED) is 0.816. The topological polar surface area (TPSA) is 83.6 Å². The summed E-state index contributed by atoms with van der Waals surface area (Å²) in [5, 5.41) is 10.3. The maximum absolute atomic E-state index is 12.5. The van der Waals surface area contributed by atoms with Crippen molar-refractivity contribution in [3.05, 3.63) is 23.3 Å². The third-order valence-electron chi connectivity index (χ3n) is 4.56. The Morgan fingerprint density at radius 1 is 1.30 bits per heavy atom. The van der Waals surface area contributed by atoms with Crippen LogP contribution >= 0.6 is 0 Å². The molecule has 5 nitrogen and oxygen atoms in total. The minimum absolute atomic E-state index is 0.201. The van der Waals surface area contributed by atoms with Crippen molar-refractivity contribution in [2.24, 2.45) is 5.92 Å². The van der Waals surface area contributed by atoms with E-state index < -0.39 is 15.6 Å². The molecule has 2 fully saturated rings. The SMILES string of the molecule is Cc1cc(S(=O)(=O)N2CC(O)(C3CC3)C2)cc(N)c1C. The van der Waals surface area contributed by atoms with Gasteiger partial charge in [-0.05, 0) is 55.9 Å². The van der Waals surface area contributed by atoms with Gasteiger partial charge in [0.1, 0.15) is 0 Å². The molecule has 0 bridgehead atoms. The zero-order valence-electron chi connectivity index (χ0n) is 11.8. The first-order chi connectivity index (χ1) is 9.24. The molecule has 110 valence electrons. The molecule has 6 heteroatoms. The van der Waals surface area contributed by atoms with Crippen LogP contribution in [0.3, 0.4) is 0 Å². The van der Waals surface area contributed by atoms with Gasteiger partial charge in [0.2, 0.25) is 10.0 Å². The molecule has 1 aromatic carbocycles. The van der Waals surface area contributed by atoms with Crippen LogP contribution in [-0.4, -0.2) is 36.5 Å². The van der Waals surface area contributed by atoms with Crippen molar-refractivity contribution < 1.29 is 13.5 Å². The molecule has 1 saturated carbocycles. The molecule has 1 saturated heterocycles. The van der Waals surface area contributed by atoms with Crippen molar-refractivity contribution in [2.75, 3.05) is 18.8 Å². The summed E-state index contributed by atoms with van der Waals surface area (Å²) in [6, 6.07) is 3.15. The maximum atomic E-state index is 12.5. The van der Waals surface area contributed by atoms with Crippen LogP contribution in [0, 0.1) is 19.8 Å². The Morgan fingerprint density at radius 2 is 1.90 bits per heavy atom. The largest absolute Gasteiger partial charge is 0.398 e. The standard InChI is InChI=1S/C14H20N2O3S/c1-9-5-12(6-13(15)10(9)2)20(18,19)16-7-14(17,8-16)11-3-4-11/h5-6,11,17H,3-4,7-8,15H2,1-2H3. The second-order valence-electron chi connectivity index (χ2n) is 6.11. The molecule has 0 aromatic heterocycles. The Balaban J connectivity index is 1.86. The highest BCUT2D eigenvalue weighted by atomic mass is 32.2. The molecule has 2 aliphatic rings. The Labute approximate surface area is 119 Å². The van der Waals surface area contributed by atoms with E-state index in [2.05, 4.69) is 0 Å². The smallest absolute Gasteiger partial charge is 0.243 e. The molecule has 0 radical (unpaired) electrons. The molecule has 1 aromatic rings. The van der Waals surface area contributed by atoms with Gasteiger partial charge in [-0.15, -0.1) is 0 Å². The van der Waals surface area contributed by atoms with Crippen LogP contribution in [0.15, 0.2) is 17.0 Å². The second-order valence-corrected chi connectivity index (χ2v) is 8.04. The maximum Gasteiger partial charge on any atom is 0.243 e. The van der Waals surface area contributed by atoms with Crippen molar-refractivity contribution in [3.63, 3.8) is 0 Å². The number of aryl methyl sites for hydroxylation is 1. The lowest BCUT2D eigenvalue weighted by Gasteiger charge is -2.45. The average Bonchev–Trinajstić information content (AvgIpc) is 3.15. The first-order valence-corrected chi connectivity index (χ1v) is 8.27. The molecule has 1 aliphatic carbocycles. The Bertz CT molecular complexity index is 636. The number of nitrogen functional groups attached to an aromatic ring is 1. The zero-order chi connectivity index (χ0) is 14.7. The Morgan fingerprint density at radius 3 is 2.40 bits per heavy atom. The van der Waals surface area contributed by atoms with Gasteiger partial charge in [0.25, 0.3) is 0 Å². The van der Waals surface area contributed by atoms with E-state index in [0.29, 0.717) is 5.69 Å². The molecule has 0 unspecified atom stereocenters. The summed E-state index contributed by atoms with van der Waals surface area (Å²) in [6.45, 7) is 4.12. The van der Waals surface area contributed by atoms with E-state index in [9.17, 15) is 13.5 Å². The monoisotopic (exact) mass is 296 g/mol. The first-order valence-electron chi connectivity index (χ1n) is 6.83. The van der Waals surface area contributed by atoms with Crippen LogP contribution in [0.5, 0.6) is 0 Å². The normalized spacial score (nSPS) is 22.6. The van der Waals surface area contributed by atoms with Crippen LogP contribution in [0.2, 0.25) is 0 Å². The van der Waals surface area contributed by atoms with Crippen molar-refractivity contribution >= 4 is 15.7 Å². The number of β-amino-alcohol motifs (C(OH)–C–C–N with tert-alkyl or cyclic N) is 1. The molecule has 3 rings (SSSR count). The lowest BCUT2D eigenvalue weighted by Crippen LogP contribution is -2.64. The number of hydrogen-bond acceptors (Lipinski definition) is 4. The van der Waals surface area contributed by atoms with Crippen LogP contribution < -0.4 is 5.73 Å². The van der Waals surface area contributed by atoms with Crippen molar-refractivity contribution in [2.45, 2.75) is 37.2 Å². The van der Waals surface area contributed by atoms with Gasteiger partial charge in [-0.1, -0.05) is 0 Å². The summed E-state index contributed by atoms with van der Waals surface area (Å²) < 4.78 is 26.4. The van der Waals surface area contributed by atoms with Crippen LogP contribution in [-0.2, 0) is 10.0 Å². The predicted octanol–water partition coefficient (Wildman–Crippen LogP) is 1.03. The van der Waals surface area contributed by atoms with E-state index in [4.69, 9.17) is 5.73 Å². The van der Waals surface area contributed by atoms with E-state index in [0.717, 1.165) is 24.0 Å². The zero-order valence-corrected chi connectivity index (χ0v) is 12.6. The van der Waals surface area contributed by atoms with E-state index in [-0.39, 0.29) is 23.9 Å². The minimum atomic E-state index is -3.55. The number of anilines is 1. The second kappa shape index (κ2) is 4.19. The molecule has 0 amide bonds. The van der Waals surface area contributed by atoms with Crippen LogP contribution in [0.4, 0.5) is 5.69 Å². The van der Waals surface area contributed by atoms with Gasteiger partial charge in [0.15, 0.2) is 0 Å². The number of rotatable bonds is 3. The fourth-order valence-corrected chi connectivity index (χ4v) is 4.45. The third kappa shape index (κ3) is 2.03. The number of sulfonamides is 1. The summed E-state index contributed by atoms with van der Waals surface area (Å²) in [6.07, 6.45) is 2.00. The van der Waals surface area contributed by atoms with E-state index in [1.165, 1.54) is 10.4 Å². The summed E-state index contributed by atoms with van der Waals surface area (Å²) in [7, 11) is -3.55. The number of hydrogen-bond donors (Lipinski definition) is 2. The average molecular weight is 296 g/mol. The van der Waals surface area contributed by atoms with Gasteiger partial charge >= 0.3 is 0 Å². The van der Waals surface area contributed by atoms with Crippen LogP contribution in [0.25, 0.3) is 0 Å². The summed E-state index contributed by atoms with van der Waals surface area (Å²) in [5.41, 5.74) is 7.30. The summed E-state index contributed by atoms with van der Waals surface area (Å²) >= 11 is 0. The first kappa shape index (κ1) is 13.9. The van der Waals surface area contributed by atoms with E-state index in [1.807, 2.05) is 13.8 Å². The number of benzene rings is 1. The van der Waals surface area contributed by atoms with Gasteiger partial charge in [0.05, 0.1) is 10.5 Å². The van der Waals surface area contributed by atoms with Gasteiger partial charge in [-0.2, -0.15) is 4.31 Å². The fraction of sp³-hybridized carbons (Fsp3) is 0.571. The van der Waals surface area contributed by atoms with Crippen molar-refractivity contribution in [3.8, 4) is 0 Å². The number of nitrogens with two attached hydrogens (primary N) is 1. The van der Waals surface area contributed by atoms with Crippen LogP contribution in [0.1, 0.15) is 24.0 Å². The van der Waals surface area contributed by atoms with E-state index >= 15 is 0 Å². The van der Waals surface area contributed by atoms with Gasteiger partial charge in [-0.25, -0.2) is 8.42 Å². The molecular weight excluding hydrogens is 276 g/mol. The Hall–Kier alpha value is -1.11. The molecule has 3 N–H and O–H groups in total.